The van der Waals surface area contributed by atoms with Crippen molar-refractivity contribution in [2.24, 2.45) is 5.92 Å². The molecule has 0 N–H and O–H groups in total. The molecule has 4 aliphatic heterocycles. The van der Waals surface area contributed by atoms with Gasteiger partial charge < -0.3 is 9.64 Å². The summed E-state index contributed by atoms with van der Waals surface area (Å²) in [5, 5.41) is 4.49. The van der Waals surface area contributed by atoms with Gasteiger partial charge in [0, 0.05) is 31.2 Å². The number of amides is 1. The molecule has 0 radical (unpaired) electrons. The molecule has 6 nitrogen and oxygen atoms in total. The normalized spacial score (nSPS) is 31.1. The van der Waals surface area contributed by atoms with Crippen LogP contribution in [0.2, 0.25) is 0 Å². The highest BCUT2D eigenvalue weighted by molar-refractivity contribution is 5.93. The number of carbonyl (C=O) groups excluding carboxylic acids is 1. The Morgan fingerprint density at radius 1 is 1.14 bits per heavy atom. The highest BCUT2D eigenvalue weighted by Crippen LogP contribution is 2.47. The number of benzene rings is 1. The van der Waals surface area contributed by atoms with E-state index < -0.39 is 0 Å². The fourth-order valence-electron chi connectivity index (χ4n) is 5.60. The zero-order chi connectivity index (χ0) is 19.3. The van der Waals surface area contributed by atoms with E-state index in [9.17, 15) is 4.79 Å². The van der Waals surface area contributed by atoms with E-state index in [2.05, 4.69) is 27.0 Å². The Morgan fingerprint density at radius 3 is 2.54 bits per heavy atom. The summed E-state index contributed by atoms with van der Waals surface area (Å²) in [6.07, 6.45) is 4.30. The lowest BCUT2D eigenvalue weighted by Gasteiger charge is -2.51. The van der Waals surface area contributed by atoms with E-state index in [4.69, 9.17) is 4.74 Å². The van der Waals surface area contributed by atoms with Crippen molar-refractivity contribution < 1.29 is 9.53 Å². The first-order chi connectivity index (χ1) is 13.7. The summed E-state index contributed by atoms with van der Waals surface area (Å²) in [6.45, 7) is 5.91. The van der Waals surface area contributed by atoms with Gasteiger partial charge in [0.25, 0.3) is 5.91 Å². The fourth-order valence-corrected chi connectivity index (χ4v) is 5.60. The van der Waals surface area contributed by atoms with Crippen molar-refractivity contribution in [1.29, 1.82) is 0 Å². The average molecular weight is 380 g/mol. The summed E-state index contributed by atoms with van der Waals surface area (Å²) >= 11 is 0. The molecule has 28 heavy (non-hydrogen) atoms. The van der Waals surface area contributed by atoms with Crippen LogP contribution < -0.4 is 4.74 Å². The number of aromatic nitrogens is 2. The van der Waals surface area contributed by atoms with Crippen LogP contribution in [0.3, 0.4) is 0 Å². The van der Waals surface area contributed by atoms with Crippen LogP contribution >= 0.6 is 0 Å². The Balaban J connectivity index is 1.48. The lowest BCUT2D eigenvalue weighted by molar-refractivity contribution is -0.00360. The fraction of sp³-hybridized carbons (Fsp3) is 0.545. The Morgan fingerprint density at radius 2 is 1.89 bits per heavy atom. The van der Waals surface area contributed by atoms with Crippen LogP contribution in [0.25, 0.3) is 0 Å². The van der Waals surface area contributed by atoms with Gasteiger partial charge in [-0.05, 0) is 62.5 Å². The van der Waals surface area contributed by atoms with Crippen LogP contribution in [0.1, 0.15) is 41.7 Å². The maximum absolute atomic E-state index is 13.4. The highest BCUT2D eigenvalue weighted by Gasteiger charge is 2.54. The first-order valence-electron chi connectivity index (χ1n) is 10.4. The third-order valence-electron chi connectivity index (χ3n) is 6.98. The van der Waals surface area contributed by atoms with Gasteiger partial charge in [-0.15, -0.1) is 0 Å². The molecule has 2 bridgehead atoms. The van der Waals surface area contributed by atoms with E-state index in [0.717, 1.165) is 31.9 Å². The molecule has 4 fully saturated rings. The summed E-state index contributed by atoms with van der Waals surface area (Å²) in [6, 6.07) is 11.0. The average Bonchev–Trinajstić information content (AvgIpc) is 3.40. The van der Waals surface area contributed by atoms with Crippen molar-refractivity contribution in [2.75, 3.05) is 26.7 Å². The molecule has 0 aliphatic carbocycles. The van der Waals surface area contributed by atoms with Crippen molar-refractivity contribution in [3.05, 3.63) is 47.8 Å². The lowest BCUT2D eigenvalue weighted by Crippen LogP contribution is -2.60. The van der Waals surface area contributed by atoms with E-state index in [1.165, 1.54) is 18.4 Å². The van der Waals surface area contributed by atoms with E-state index >= 15 is 0 Å². The van der Waals surface area contributed by atoms with Crippen LogP contribution in [0, 0.1) is 5.92 Å². The van der Waals surface area contributed by atoms with Crippen molar-refractivity contribution in [3.8, 4) is 5.75 Å². The van der Waals surface area contributed by atoms with Crippen LogP contribution in [-0.2, 0) is 6.54 Å². The molecule has 4 saturated heterocycles. The van der Waals surface area contributed by atoms with Gasteiger partial charge in [0.15, 0.2) is 0 Å². The predicted octanol–water partition coefficient (Wildman–Crippen LogP) is 2.61. The predicted molar refractivity (Wildman–Crippen MR) is 107 cm³/mol. The number of aryl methyl sites for hydroxylation is 1. The SMILES string of the molecule is CCn1ccc(C(=O)N2C[C@@H](c3ccc(OC)cc3)[C@@H]3[C@H]2C2CCN3CC2)n1. The van der Waals surface area contributed by atoms with Crippen LogP contribution in [0.5, 0.6) is 5.75 Å². The lowest BCUT2D eigenvalue weighted by atomic mass is 9.75. The molecule has 148 valence electrons. The number of rotatable bonds is 4. The van der Waals surface area contributed by atoms with Crippen LogP contribution in [0.4, 0.5) is 0 Å². The van der Waals surface area contributed by atoms with Crippen LogP contribution in [0.15, 0.2) is 36.5 Å². The van der Waals surface area contributed by atoms with Crippen molar-refractivity contribution in [1.82, 2.24) is 19.6 Å². The van der Waals surface area contributed by atoms with Gasteiger partial charge in [0.2, 0.25) is 0 Å². The van der Waals surface area contributed by atoms with Gasteiger partial charge in [0.05, 0.1) is 13.2 Å². The van der Waals surface area contributed by atoms with Gasteiger partial charge in [-0.2, -0.15) is 5.10 Å². The van der Waals surface area contributed by atoms with E-state index in [1.54, 1.807) is 7.11 Å². The number of nitrogens with zero attached hydrogens (tertiary/aromatic N) is 4. The number of carbonyl (C=O) groups is 1. The molecule has 0 spiro atoms. The number of ether oxygens (including phenoxy) is 1. The third-order valence-corrected chi connectivity index (χ3v) is 6.98. The number of hydrogen-bond donors (Lipinski definition) is 0. The second-order valence-electron chi connectivity index (χ2n) is 8.25. The summed E-state index contributed by atoms with van der Waals surface area (Å²) in [4.78, 5) is 18.2. The number of piperidine rings is 3. The molecular weight excluding hydrogens is 352 g/mol. The van der Waals surface area contributed by atoms with Gasteiger partial charge in [-0.3, -0.25) is 14.4 Å². The first-order valence-corrected chi connectivity index (χ1v) is 10.4. The quantitative estimate of drug-likeness (QED) is 0.818. The van der Waals surface area contributed by atoms with Crippen molar-refractivity contribution in [2.45, 2.75) is 44.3 Å². The Bertz CT molecular complexity index is 854. The molecule has 4 aliphatic rings. The zero-order valence-corrected chi connectivity index (χ0v) is 16.6. The monoisotopic (exact) mass is 380 g/mol. The standard InChI is InChI=1S/C22H28N4O2/c1-3-25-13-10-19(23-25)22(27)26-14-18(15-4-6-17(28-2)7-5-15)21-20(26)16-8-11-24(21)12-9-16/h4-7,10,13,16,18,20-21H,3,8-9,11-12,14H2,1-2H3/t18-,20+,21+/m0/s1. The number of hydrogen-bond acceptors (Lipinski definition) is 4. The topological polar surface area (TPSA) is 50.6 Å². The molecule has 0 unspecified atom stereocenters. The van der Waals surface area contributed by atoms with E-state index in [0.29, 0.717) is 29.6 Å². The Kier molecular flexibility index (Phi) is 4.38. The summed E-state index contributed by atoms with van der Waals surface area (Å²) in [5.74, 6) is 1.92. The molecule has 2 aromatic rings. The minimum absolute atomic E-state index is 0.0898. The van der Waals surface area contributed by atoms with Gasteiger partial charge in [-0.25, -0.2) is 0 Å². The zero-order valence-electron chi connectivity index (χ0n) is 16.6. The van der Waals surface area contributed by atoms with E-state index in [-0.39, 0.29) is 5.91 Å². The minimum atomic E-state index is 0.0898. The maximum atomic E-state index is 13.4. The second-order valence-corrected chi connectivity index (χ2v) is 8.25. The van der Waals surface area contributed by atoms with Crippen molar-refractivity contribution in [3.63, 3.8) is 0 Å². The van der Waals surface area contributed by atoms with Gasteiger partial charge >= 0.3 is 0 Å². The number of methoxy groups -OCH3 is 1. The summed E-state index contributed by atoms with van der Waals surface area (Å²) in [7, 11) is 1.70. The third kappa shape index (κ3) is 2.73. The molecule has 0 saturated carbocycles. The molecule has 3 atom stereocenters. The number of fused-ring (bicyclic) bond motifs is 2. The largest absolute Gasteiger partial charge is 0.497 e. The maximum Gasteiger partial charge on any atom is 0.274 e. The minimum Gasteiger partial charge on any atom is -0.497 e. The highest BCUT2D eigenvalue weighted by atomic mass is 16.5. The molecule has 6 rings (SSSR count). The molecule has 1 amide bonds. The smallest absolute Gasteiger partial charge is 0.274 e. The summed E-state index contributed by atoms with van der Waals surface area (Å²) in [5.41, 5.74) is 1.88. The first kappa shape index (κ1) is 17.7. The van der Waals surface area contributed by atoms with E-state index in [1.807, 2.05) is 36.0 Å². The van der Waals surface area contributed by atoms with Gasteiger partial charge in [0.1, 0.15) is 11.4 Å². The van der Waals surface area contributed by atoms with Crippen molar-refractivity contribution >= 4 is 5.91 Å². The molecule has 1 aromatic heterocycles. The number of likely N-dealkylation sites (tertiary alicyclic amines) is 1. The molecular formula is C22H28N4O2. The molecule has 6 heteroatoms. The Labute approximate surface area is 166 Å². The second kappa shape index (κ2) is 6.92. The van der Waals surface area contributed by atoms with Gasteiger partial charge in [-0.1, -0.05) is 12.1 Å². The summed E-state index contributed by atoms with van der Waals surface area (Å²) < 4.78 is 7.16. The molecule has 5 heterocycles. The molecule has 1 aromatic carbocycles. The Hall–Kier alpha value is -2.34. The van der Waals surface area contributed by atoms with Crippen LogP contribution in [-0.4, -0.2) is 64.3 Å².